The average Bonchev–Trinajstić information content (AvgIpc) is 2.70. The Bertz CT molecular complexity index is 811. The zero-order valence-electron chi connectivity index (χ0n) is 15.4. The number of anilines is 1. The topological polar surface area (TPSA) is 137 Å². The third-order valence-corrected chi connectivity index (χ3v) is 3.93. The minimum absolute atomic E-state index is 0.0538. The first-order valence-corrected chi connectivity index (χ1v) is 8.83. The molecule has 2 aromatic carbocycles. The summed E-state index contributed by atoms with van der Waals surface area (Å²) >= 11 is 0. The Morgan fingerprint density at radius 3 is 2.39 bits per heavy atom. The molecule has 1 atom stereocenters. The van der Waals surface area contributed by atoms with Crippen molar-refractivity contribution in [1.82, 2.24) is 5.32 Å². The van der Waals surface area contributed by atoms with Crippen molar-refractivity contribution in [1.29, 1.82) is 0 Å². The fourth-order valence-electron chi connectivity index (χ4n) is 2.47. The molecule has 0 unspecified atom stereocenters. The summed E-state index contributed by atoms with van der Waals surface area (Å²) in [6.45, 7) is 0.397. The van der Waals surface area contributed by atoms with E-state index in [0.29, 0.717) is 12.2 Å². The molecule has 0 radical (unpaired) electrons. The third kappa shape index (κ3) is 7.08. The predicted octanol–water partition coefficient (Wildman–Crippen LogP) is 1.64. The number of nitrogens with two attached hydrogens (primary N) is 2. The van der Waals surface area contributed by atoms with Crippen LogP contribution in [0.4, 0.5) is 10.5 Å². The highest BCUT2D eigenvalue weighted by atomic mass is 16.5. The lowest BCUT2D eigenvalue weighted by Crippen LogP contribution is -2.44. The number of hydrogen-bond donors (Lipinski definition) is 4. The molecule has 3 amide bonds. The Balaban J connectivity index is 1.97. The van der Waals surface area contributed by atoms with Gasteiger partial charge in [-0.05, 0) is 29.7 Å². The van der Waals surface area contributed by atoms with Crippen LogP contribution in [0.5, 0.6) is 0 Å². The predicted molar refractivity (Wildman–Crippen MR) is 105 cm³/mol. The second-order valence-electron chi connectivity index (χ2n) is 6.16. The fourth-order valence-corrected chi connectivity index (χ4v) is 2.47. The normalized spacial score (nSPS) is 11.3. The summed E-state index contributed by atoms with van der Waals surface area (Å²) in [6, 6.07) is 15.2. The smallest absolute Gasteiger partial charge is 0.408 e. The standard InChI is InChI=1S/C20H24N4O4/c21-12-15-7-4-8-16(11-15)23-19(26)17(9-10-18(22)25)24-20(27)28-13-14-5-2-1-3-6-14/h1-8,11,17H,9-10,12-13,21H2,(H2,22,25)(H,23,26)(H,24,27)/t17-/m1/s1. The second-order valence-corrected chi connectivity index (χ2v) is 6.16. The van der Waals surface area contributed by atoms with Crippen molar-refractivity contribution in [3.8, 4) is 0 Å². The quantitative estimate of drug-likeness (QED) is 0.521. The Morgan fingerprint density at radius 2 is 1.71 bits per heavy atom. The van der Waals surface area contributed by atoms with Crippen LogP contribution < -0.4 is 22.1 Å². The average molecular weight is 384 g/mol. The van der Waals surface area contributed by atoms with E-state index >= 15 is 0 Å². The third-order valence-electron chi connectivity index (χ3n) is 3.93. The highest BCUT2D eigenvalue weighted by Gasteiger charge is 2.22. The van der Waals surface area contributed by atoms with Gasteiger partial charge in [-0.2, -0.15) is 0 Å². The van der Waals surface area contributed by atoms with E-state index < -0.39 is 23.9 Å². The van der Waals surface area contributed by atoms with E-state index in [4.69, 9.17) is 16.2 Å². The Kier molecular flexibility index (Phi) is 7.98. The molecule has 0 aliphatic heterocycles. The maximum Gasteiger partial charge on any atom is 0.408 e. The van der Waals surface area contributed by atoms with E-state index in [-0.39, 0.29) is 19.4 Å². The molecule has 0 bridgehead atoms. The second kappa shape index (κ2) is 10.7. The molecule has 8 nitrogen and oxygen atoms in total. The van der Waals surface area contributed by atoms with E-state index in [1.165, 1.54) is 0 Å². The first-order valence-electron chi connectivity index (χ1n) is 8.83. The van der Waals surface area contributed by atoms with Gasteiger partial charge in [-0.3, -0.25) is 9.59 Å². The van der Waals surface area contributed by atoms with E-state index in [1.807, 2.05) is 36.4 Å². The van der Waals surface area contributed by atoms with Crippen molar-refractivity contribution in [3.63, 3.8) is 0 Å². The minimum Gasteiger partial charge on any atom is -0.445 e. The number of rotatable bonds is 9. The summed E-state index contributed by atoms with van der Waals surface area (Å²) < 4.78 is 5.14. The first kappa shape index (κ1) is 20.9. The summed E-state index contributed by atoms with van der Waals surface area (Å²) in [5, 5.41) is 5.19. The summed E-state index contributed by atoms with van der Waals surface area (Å²) in [5.74, 6) is -1.05. The van der Waals surface area contributed by atoms with Gasteiger partial charge in [0.25, 0.3) is 0 Å². The van der Waals surface area contributed by atoms with Gasteiger partial charge >= 0.3 is 6.09 Å². The van der Waals surface area contributed by atoms with Crippen LogP contribution in [0.1, 0.15) is 24.0 Å². The molecule has 0 heterocycles. The highest BCUT2D eigenvalue weighted by molar-refractivity contribution is 5.96. The van der Waals surface area contributed by atoms with Gasteiger partial charge in [0.1, 0.15) is 12.6 Å². The zero-order chi connectivity index (χ0) is 20.4. The first-order chi connectivity index (χ1) is 13.5. The van der Waals surface area contributed by atoms with Crippen LogP contribution in [0.25, 0.3) is 0 Å². The number of alkyl carbamates (subject to hydrolysis) is 1. The molecular formula is C20H24N4O4. The molecule has 0 spiro atoms. The van der Waals surface area contributed by atoms with Crippen molar-refractivity contribution in [2.75, 3.05) is 5.32 Å². The SMILES string of the molecule is NCc1cccc(NC(=O)[C@@H](CCC(N)=O)NC(=O)OCc2ccccc2)c1. The van der Waals surface area contributed by atoms with Gasteiger partial charge < -0.3 is 26.8 Å². The van der Waals surface area contributed by atoms with Crippen LogP contribution in [0, 0.1) is 0 Å². The lowest BCUT2D eigenvalue weighted by atomic mass is 10.1. The molecule has 28 heavy (non-hydrogen) atoms. The number of hydrogen-bond acceptors (Lipinski definition) is 5. The minimum atomic E-state index is -0.975. The molecule has 6 N–H and O–H groups in total. The molecule has 0 saturated carbocycles. The van der Waals surface area contributed by atoms with E-state index in [2.05, 4.69) is 10.6 Å². The van der Waals surface area contributed by atoms with Crippen LogP contribution in [0.15, 0.2) is 54.6 Å². The Labute approximate surface area is 163 Å². The molecule has 0 fully saturated rings. The van der Waals surface area contributed by atoms with Gasteiger partial charge in [-0.1, -0.05) is 42.5 Å². The number of carbonyl (C=O) groups excluding carboxylic acids is 3. The van der Waals surface area contributed by atoms with Crippen molar-refractivity contribution in [2.24, 2.45) is 11.5 Å². The van der Waals surface area contributed by atoms with Gasteiger partial charge in [-0.15, -0.1) is 0 Å². The van der Waals surface area contributed by atoms with E-state index in [0.717, 1.165) is 11.1 Å². The molecule has 0 aliphatic carbocycles. The van der Waals surface area contributed by atoms with Gasteiger partial charge in [0, 0.05) is 18.7 Å². The number of primary amides is 1. The van der Waals surface area contributed by atoms with Gasteiger partial charge in [0.05, 0.1) is 0 Å². The van der Waals surface area contributed by atoms with Crippen LogP contribution >= 0.6 is 0 Å². The molecular weight excluding hydrogens is 360 g/mol. The molecule has 0 saturated heterocycles. The van der Waals surface area contributed by atoms with Gasteiger partial charge in [0.2, 0.25) is 11.8 Å². The van der Waals surface area contributed by atoms with Crippen molar-refractivity contribution >= 4 is 23.6 Å². The zero-order valence-corrected chi connectivity index (χ0v) is 15.4. The highest BCUT2D eigenvalue weighted by Crippen LogP contribution is 2.12. The summed E-state index contributed by atoms with van der Waals surface area (Å²) in [7, 11) is 0. The molecule has 8 heteroatoms. The molecule has 148 valence electrons. The van der Waals surface area contributed by atoms with E-state index in [9.17, 15) is 14.4 Å². The Morgan fingerprint density at radius 1 is 1.00 bits per heavy atom. The van der Waals surface area contributed by atoms with Gasteiger partial charge in [-0.25, -0.2) is 4.79 Å². The van der Waals surface area contributed by atoms with Crippen LogP contribution in [0.3, 0.4) is 0 Å². The molecule has 2 aromatic rings. The Hall–Kier alpha value is -3.39. The van der Waals surface area contributed by atoms with Crippen molar-refractivity contribution in [2.45, 2.75) is 32.0 Å². The lowest BCUT2D eigenvalue weighted by molar-refractivity contribution is -0.119. The monoisotopic (exact) mass is 384 g/mol. The molecule has 0 aromatic heterocycles. The number of ether oxygens (including phenoxy) is 1. The number of nitrogens with one attached hydrogen (secondary N) is 2. The largest absolute Gasteiger partial charge is 0.445 e. The molecule has 0 aliphatic rings. The maximum absolute atomic E-state index is 12.6. The van der Waals surface area contributed by atoms with Crippen LogP contribution in [0.2, 0.25) is 0 Å². The summed E-state index contributed by atoms with van der Waals surface area (Å²) in [4.78, 5) is 35.7. The fraction of sp³-hybridized carbons (Fsp3) is 0.250. The van der Waals surface area contributed by atoms with Crippen LogP contribution in [-0.4, -0.2) is 23.9 Å². The number of carbonyl (C=O) groups is 3. The van der Waals surface area contributed by atoms with Crippen LogP contribution in [-0.2, 0) is 27.5 Å². The maximum atomic E-state index is 12.6. The van der Waals surface area contributed by atoms with Crippen molar-refractivity contribution < 1.29 is 19.1 Å². The van der Waals surface area contributed by atoms with Crippen molar-refractivity contribution in [3.05, 3.63) is 65.7 Å². The molecule has 2 rings (SSSR count). The van der Waals surface area contributed by atoms with Gasteiger partial charge in [0.15, 0.2) is 0 Å². The lowest BCUT2D eigenvalue weighted by Gasteiger charge is -2.18. The summed E-state index contributed by atoms with van der Waals surface area (Å²) in [5.41, 5.74) is 13.0. The summed E-state index contributed by atoms with van der Waals surface area (Å²) in [6.07, 6.45) is -0.762. The number of benzene rings is 2. The number of amides is 3. The van der Waals surface area contributed by atoms with E-state index in [1.54, 1.807) is 18.2 Å².